The Balaban J connectivity index is 2.32. The number of aromatic nitrogens is 1. The molecule has 0 aliphatic carbocycles. The first kappa shape index (κ1) is 14.5. The Bertz CT molecular complexity index is 674. The van der Waals surface area contributed by atoms with Gasteiger partial charge in [-0.1, -0.05) is 17.7 Å². The summed E-state index contributed by atoms with van der Waals surface area (Å²) in [7, 11) is 0. The number of amides is 1. The first-order chi connectivity index (χ1) is 9.49. The maximum absolute atomic E-state index is 12.0. The molecule has 1 aromatic carbocycles. The third-order valence-corrected chi connectivity index (χ3v) is 3.33. The molecular weight excluding hydrogens is 348 g/mol. The summed E-state index contributed by atoms with van der Waals surface area (Å²) >= 11 is 8.90. The predicted octanol–water partition coefficient (Wildman–Crippen LogP) is 3.45. The third kappa shape index (κ3) is 3.15. The summed E-state index contributed by atoms with van der Waals surface area (Å²) in [5, 5.41) is 12.0. The quantitative estimate of drug-likeness (QED) is 0.884. The number of para-hydroxylation sites is 1. The largest absolute Gasteiger partial charge is 0.478 e. The SMILES string of the molecule is O=C(Nc1c(Br)cccc1C(=O)O)c1ccc(Cl)cn1. The van der Waals surface area contributed by atoms with Gasteiger partial charge < -0.3 is 10.4 Å². The predicted molar refractivity (Wildman–Crippen MR) is 78.3 cm³/mol. The molecule has 20 heavy (non-hydrogen) atoms. The van der Waals surface area contributed by atoms with Crippen molar-refractivity contribution in [3.63, 3.8) is 0 Å². The molecule has 2 N–H and O–H groups in total. The lowest BCUT2D eigenvalue weighted by atomic mass is 10.1. The third-order valence-electron chi connectivity index (χ3n) is 2.44. The molecule has 102 valence electrons. The molecule has 0 aliphatic heterocycles. The van der Waals surface area contributed by atoms with E-state index in [-0.39, 0.29) is 16.9 Å². The van der Waals surface area contributed by atoms with Gasteiger partial charge in [-0.25, -0.2) is 9.78 Å². The normalized spacial score (nSPS) is 10.1. The fourth-order valence-corrected chi connectivity index (χ4v) is 2.09. The second kappa shape index (κ2) is 6.02. The van der Waals surface area contributed by atoms with Gasteiger partial charge in [0.1, 0.15) is 5.69 Å². The van der Waals surface area contributed by atoms with Gasteiger partial charge in [0.05, 0.1) is 16.3 Å². The number of hydrogen-bond acceptors (Lipinski definition) is 3. The fourth-order valence-electron chi connectivity index (χ4n) is 1.52. The van der Waals surface area contributed by atoms with Gasteiger partial charge in [0, 0.05) is 10.7 Å². The van der Waals surface area contributed by atoms with Crippen LogP contribution in [0.4, 0.5) is 5.69 Å². The molecule has 5 nitrogen and oxygen atoms in total. The lowest BCUT2D eigenvalue weighted by molar-refractivity contribution is 0.0698. The van der Waals surface area contributed by atoms with E-state index in [2.05, 4.69) is 26.2 Å². The molecule has 1 heterocycles. The molecule has 0 radical (unpaired) electrons. The van der Waals surface area contributed by atoms with E-state index >= 15 is 0 Å². The highest BCUT2D eigenvalue weighted by Crippen LogP contribution is 2.27. The number of aromatic carboxylic acids is 1. The van der Waals surface area contributed by atoms with E-state index < -0.39 is 11.9 Å². The van der Waals surface area contributed by atoms with Crippen molar-refractivity contribution in [1.82, 2.24) is 4.98 Å². The second-order valence-electron chi connectivity index (χ2n) is 3.78. The Hall–Kier alpha value is -1.92. The van der Waals surface area contributed by atoms with Crippen molar-refractivity contribution in [2.45, 2.75) is 0 Å². The number of pyridine rings is 1. The van der Waals surface area contributed by atoms with E-state index in [0.717, 1.165) is 0 Å². The summed E-state index contributed by atoms with van der Waals surface area (Å²) in [6, 6.07) is 7.59. The van der Waals surface area contributed by atoms with Crippen molar-refractivity contribution in [2.75, 3.05) is 5.32 Å². The highest BCUT2D eigenvalue weighted by Gasteiger charge is 2.16. The lowest BCUT2D eigenvalue weighted by Crippen LogP contribution is -2.16. The Morgan fingerprint density at radius 3 is 2.60 bits per heavy atom. The zero-order chi connectivity index (χ0) is 14.7. The topological polar surface area (TPSA) is 79.3 Å². The molecule has 0 bridgehead atoms. The summed E-state index contributed by atoms with van der Waals surface area (Å²) in [6.07, 6.45) is 1.34. The number of halogens is 2. The maximum atomic E-state index is 12.0. The van der Waals surface area contributed by atoms with Crippen molar-refractivity contribution in [2.24, 2.45) is 0 Å². The van der Waals surface area contributed by atoms with Crippen LogP contribution in [-0.4, -0.2) is 22.0 Å². The van der Waals surface area contributed by atoms with Crippen molar-refractivity contribution in [3.8, 4) is 0 Å². The minimum Gasteiger partial charge on any atom is -0.478 e. The van der Waals surface area contributed by atoms with Crippen LogP contribution in [0.3, 0.4) is 0 Å². The molecule has 2 rings (SSSR count). The van der Waals surface area contributed by atoms with Gasteiger partial charge in [0.25, 0.3) is 5.91 Å². The molecule has 0 spiro atoms. The van der Waals surface area contributed by atoms with Gasteiger partial charge >= 0.3 is 5.97 Å². The Morgan fingerprint density at radius 1 is 1.25 bits per heavy atom. The van der Waals surface area contributed by atoms with Crippen LogP contribution >= 0.6 is 27.5 Å². The minimum atomic E-state index is -1.13. The fraction of sp³-hybridized carbons (Fsp3) is 0. The van der Waals surface area contributed by atoms with Gasteiger partial charge in [-0.3, -0.25) is 4.79 Å². The highest BCUT2D eigenvalue weighted by atomic mass is 79.9. The minimum absolute atomic E-state index is 0.0123. The number of rotatable bonds is 3. The molecule has 2 aromatic rings. The second-order valence-corrected chi connectivity index (χ2v) is 5.07. The monoisotopic (exact) mass is 354 g/mol. The molecule has 0 fully saturated rings. The van der Waals surface area contributed by atoms with E-state index in [1.165, 1.54) is 24.4 Å². The van der Waals surface area contributed by atoms with Crippen molar-refractivity contribution >= 4 is 45.1 Å². The number of nitrogens with zero attached hydrogens (tertiary/aromatic N) is 1. The molecule has 7 heteroatoms. The summed E-state index contributed by atoms with van der Waals surface area (Å²) in [4.78, 5) is 27.0. The number of benzene rings is 1. The van der Waals surface area contributed by atoms with Crippen molar-refractivity contribution in [3.05, 3.63) is 57.3 Å². The summed E-state index contributed by atoms with van der Waals surface area (Å²) in [6.45, 7) is 0. The maximum Gasteiger partial charge on any atom is 0.337 e. The zero-order valence-electron chi connectivity index (χ0n) is 9.93. The molecule has 0 saturated heterocycles. The highest BCUT2D eigenvalue weighted by molar-refractivity contribution is 9.10. The smallest absolute Gasteiger partial charge is 0.337 e. The van der Waals surface area contributed by atoms with Crippen molar-refractivity contribution < 1.29 is 14.7 Å². The average Bonchev–Trinajstić information content (AvgIpc) is 2.41. The number of nitrogens with one attached hydrogen (secondary N) is 1. The average molecular weight is 356 g/mol. The van der Waals surface area contributed by atoms with E-state index in [9.17, 15) is 9.59 Å². The number of carbonyl (C=O) groups is 2. The molecule has 0 aliphatic rings. The Morgan fingerprint density at radius 2 is 2.00 bits per heavy atom. The summed E-state index contributed by atoms with van der Waals surface area (Å²) < 4.78 is 0.472. The first-order valence-corrected chi connectivity index (χ1v) is 6.61. The summed E-state index contributed by atoms with van der Waals surface area (Å²) in [5.74, 6) is -1.65. The Kier molecular flexibility index (Phi) is 4.36. The van der Waals surface area contributed by atoms with Gasteiger partial charge in [0.15, 0.2) is 0 Å². The number of carboxylic acids is 1. The number of anilines is 1. The van der Waals surface area contributed by atoms with Crippen LogP contribution in [0, 0.1) is 0 Å². The van der Waals surface area contributed by atoms with Crippen molar-refractivity contribution in [1.29, 1.82) is 0 Å². The molecule has 0 unspecified atom stereocenters. The molecule has 1 amide bonds. The van der Waals surface area contributed by atoms with E-state index in [0.29, 0.717) is 9.50 Å². The van der Waals surface area contributed by atoms with Crippen LogP contribution in [0.5, 0.6) is 0 Å². The van der Waals surface area contributed by atoms with Gasteiger partial charge in [-0.2, -0.15) is 0 Å². The van der Waals surface area contributed by atoms with Crippen LogP contribution in [0.25, 0.3) is 0 Å². The number of carboxylic acid groups (broad SMARTS) is 1. The number of carbonyl (C=O) groups excluding carboxylic acids is 1. The van der Waals surface area contributed by atoms with Gasteiger partial charge in [0.2, 0.25) is 0 Å². The van der Waals surface area contributed by atoms with E-state index in [1.807, 2.05) is 0 Å². The molecule has 0 saturated carbocycles. The first-order valence-electron chi connectivity index (χ1n) is 5.44. The van der Waals surface area contributed by atoms with Crippen LogP contribution in [0.1, 0.15) is 20.8 Å². The number of hydrogen-bond donors (Lipinski definition) is 2. The molecule has 1 aromatic heterocycles. The summed E-state index contributed by atoms with van der Waals surface area (Å²) in [5.41, 5.74) is 0.310. The van der Waals surface area contributed by atoms with Crippen LogP contribution in [0.2, 0.25) is 5.02 Å². The van der Waals surface area contributed by atoms with E-state index in [1.54, 1.807) is 12.1 Å². The Labute approximate surface area is 127 Å². The van der Waals surface area contributed by atoms with Crippen LogP contribution < -0.4 is 5.32 Å². The van der Waals surface area contributed by atoms with Gasteiger partial charge in [-0.15, -0.1) is 0 Å². The zero-order valence-corrected chi connectivity index (χ0v) is 12.3. The molecule has 0 atom stereocenters. The van der Waals surface area contributed by atoms with E-state index in [4.69, 9.17) is 16.7 Å². The lowest BCUT2D eigenvalue weighted by Gasteiger charge is -2.10. The standard InChI is InChI=1S/C13H8BrClN2O3/c14-9-3-1-2-8(13(19)20)11(9)17-12(18)10-5-4-7(15)6-16-10/h1-6H,(H,17,18)(H,19,20). The van der Waals surface area contributed by atoms with Gasteiger partial charge in [-0.05, 0) is 40.2 Å². The molecular formula is C13H8BrClN2O3. The van der Waals surface area contributed by atoms with Crippen LogP contribution in [-0.2, 0) is 0 Å². The van der Waals surface area contributed by atoms with Crippen LogP contribution in [0.15, 0.2) is 41.0 Å².